The fourth-order valence-corrected chi connectivity index (χ4v) is 2.80. The van der Waals surface area contributed by atoms with Gasteiger partial charge in [-0.15, -0.1) is 0 Å². The smallest absolute Gasteiger partial charge is 0.259 e. The van der Waals surface area contributed by atoms with Gasteiger partial charge in [-0.3, -0.25) is 4.79 Å². The van der Waals surface area contributed by atoms with Crippen molar-refractivity contribution in [3.05, 3.63) is 53.5 Å². The van der Waals surface area contributed by atoms with Crippen molar-refractivity contribution in [3.8, 4) is 11.6 Å². The van der Waals surface area contributed by atoms with Gasteiger partial charge in [-0.2, -0.15) is 0 Å². The predicted molar refractivity (Wildman–Crippen MR) is 82.1 cm³/mol. The van der Waals surface area contributed by atoms with Gasteiger partial charge >= 0.3 is 0 Å². The Morgan fingerprint density at radius 2 is 2.22 bits per heavy atom. The molecule has 5 nitrogen and oxygen atoms in total. The third kappa shape index (κ3) is 2.84. The second kappa shape index (κ2) is 6.24. The van der Waals surface area contributed by atoms with E-state index >= 15 is 0 Å². The van der Waals surface area contributed by atoms with Gasteiger partial charge in [0.05, 0.1) is 26.0 Å². The minimum atomic E-state index is -0.574. The summed E-state index contributed by atoms with van der Waals surface area (Å²) in [6.07, 6.45) is 1.70. The van der Waals surface area contributed by atoms with Crippen LogP contribution < -0.4 is 9.47 Å². The third-order valence-electron chi connectivity index (χ3n) is 3.96. The first-order chi connectivity index (χ1) is 11.1. The quantitative estimate of drug-likeness (QED) is 0.874. The van der Waals surface area contributed by atoms with Crippen LogP contribution in [0.2, 0.25) is 0 Å². The van der Waals surface area contributed by atoms with Crippen LogP contribution in [0, 0.1) is 5.82 Å². The minimum Gasteiger partial charge on any atom is -0.493 e. The normalized spacial score (nSPS) is 16.2. The van der Waals surface area contributed by atoms with Crippen molar-refractivity contribution >= 4 is 5.91 Å². The first-order valence-corrected chi connectivity index (χ1v) is 7.30. The number of pyridine rings is 1. The number of halogens is 1. The first kappa shape index (κ1) is 15.3. The van der Waals surface area contributed by atoms with Crippen molar-refractivity contribution in [1.82, 2.24) is 9.88 Å². The Hall–Kier alpha value is -2.63. The zero-order chi connectivity index (χ0) is 16.4. The second-order valence-electron chi connectivity index (χ2n) is 5.32. The van der Waals surface area contributed by atoms with Crippen molar-refractivity contribution in [2.45, 2.75) is 12.5 Å². The van der Waals surface area contributed by atoms with Crippen LogP contribution in [-0.4, -0.2) is 36.6 Å². The van der Waals surface area contributed by atoms with Crippen LogP contribution in [0.5, 0.6) is 11.6 Å². The van der Waals surface area contributed by atoms with Gasteiger partial charge in [0, 0.05) is 19.0 Å². The Bertz CT molecular complexity index is 736. The number of nitrogens with zero attached hydrogens (tertiary/aromatic N) is 2. The molecule has 120 valence electrons. The molecule has 1 aliphatic rings. The van der Waals surface area contributed by atoms with E-state index in [1.54, 1.807) is 11.9 Å². The molecule has 1 aromatic carbocycles. The molecule has 23 heavy (non-hydrogen) atoms. The fourth-order valence-electron chi connectivity index (χ4n) is 2.80. The van der Waals surface area contributed by atoms with Crippen LogP contribution in [0.15, 0.2) is 36.5 Å². The summed E-state index contributed by atoms with van der Waals surface area (Å²) in [4.78, 5) is 18.2. The van der Waals surface area contributed by atoms with Gasteiger partial charge in [-0.05, 0) is 12.1 Å². The number of ether oxygens (including phenoxy) is 2. The van der Waals surface area contributed by atoms with Crippen LogP contribution in [0.4, 0.5) is 4.39 Å². The number of amides is 1. The Labute approximate surface area is 133 Å². The van der Waals surface area contributed by atoms with E-state index in [4.69, 9.17) is 9.47 Å². The summed E-state index contributed by atoms with van der Waals surface area (Å²) in [5.74, 6) is -0.0261. The van der Waals surface area contributed by atoms with Crippen LogP contribution in [0.3, 0.4) is 0 Å². The third-order valence-corrected chi connectivity index (χ3v) is 3.96. The molecule has 0 spiro atoms. The van der Waals surface area contributed by atoms with Crippen molar-refractivity contribution in [2.24, 2.45) is 0 Å². The highest BCUT2D eigenvalue weighted by atomic mass is 19.1. The van der Waals surface area contributed by atoms with Gasteiger partial charge < -0.3 is 14.4 Å². The number of para-hydroxylation sites is 1. The fraction of sp³-hybridized carbons (Fsp3) is 0.294. The molecule has 0 saturated heterocycles. The largest absolute Gasteiger partial charge is 0.493 e. The number of rotatable bonds is 3. The van der Waals surface area contributed by atoms with E-state index in [9.17, 15) is 9.18 Å². The van der Waals surface area contributed by atoms with Crippen molar-refractivity contribution in [3.63, 3.8) is 0 Å². The number of hydrogen-bond acceptors (Lipinski definition) is 4. The molecule has 0 N–H and O–H groups in total. The molecule has 1 aromatic heterocycles. The Balaban J connectivity index is 1.94. The standard InChI is InChI=1S/C17H17FN2O3/c1-20(14-7-8-23-15-6-4-3-5-12(14)15)17(21)13-9-11(18)10-19-16(13)22-2/h3-6,9-10,14H,7-8H2,1-2H3/t14-/m1/s1. The van der Waals surface area contributed by atoms with E-state index in [0.29, 0.717) is 13.0 Å². The molecule has 0 bridgehead atoms. The molecule has 1 amide bonds. The maximum Gasteiger partial charge on any atom is 0.259 e. The van der Waals surface area contributed by atoms with E-state index in [1.165, 1.54) is 7.11 Å². The van der Waals surface area contributed by atoms with Gasteiger partial charge in [0.1, 0.15) is 17.1 Å². The van der Waals surface area contributed by atoms with Gasteiger partial charge in [-0.1, -0.05) is 18.2 Å². The van der Waals surface area contributed by atoms with Crippen molar-refractivity contribution in [1.29, 1.82) is 0 Å². The highest BCUT2D eigenvalue weighted by Gasteiger charge is 2.29. The SMILES string of the molecule is COc1ncc(F)cc1C(=O)N(C)[C@@H]1CCOc2ccccc21. The molecule has 1 aliphatic heterocycles. The van der Waals surface area contributed by atoms with E-state index in [0.717, 1.165) is 23.6 Å². The van der Waals surface area contributed by atoms with Gasteiger partial charge in [-0.25, -0.2) is 9.37 Å². The molecular formula is C17H17FN2O3. The molecule has 6 heteroatoms. The number of carbonyl (C=O) groups is 1. The molecule has 0 radical (unpaired) electrons. The number of carbonyl (C=O) groups excluding carboxylic acids is 1. The zero-order valence-electron chi connectivity index (χ0n) is 13.0. The van der Waals surface area contributed by atoms with Gasteiger partial charge in [0.25, 0.3) is 5.91 Å². The number of methoxy groups -OCH3 is 1. The van der Waals surface area contributed by atoms with Crippen LogP contribution in [0.25, 0.3) is 0 Å². The molecule has 2 heterocycles. The summed E-state index contributed by atoms with van der Waals surface area (Å²) < 4.78 is 24.2. The van der Waals surface area contributed by atoms with E-state index in [1.807, 2.05) is 24.3 Å². The zero-order valence-corrected chi connectivity index (χ0v) is 13.0. The average molecular weight is 316 g/mol. The van der Waals surface area contributed by atoms with Crippen LogP contribution >= 0.6 is 0 Å². The lowest BCUT2D eigenvalue weighted by Gasteiger charge is -2.33. The maximum atomic E-state index is 13.5. The van der Waals surface area contributed by atoms with Gasteiger partial charge in [0.2, 0.25) is 5.88 Å². The van der Waals surface area contributed by atoms with Crippen molar-refractivity contribution < 1.29 is 18.7 Å². The molecule has 0 saturated carbocycles. The van der Waals surface area contributed by atoms with Crippen LogP contribution in [-0.2, 0) is 0 Å². The van der Waals surface area contributed by atoms with Crippen molar-refractivity contribution in [2.75, 3.05) is 20.8 Å². The average Bonchev–Trinajstić information content (AvgIpc) is 2.60. The van der Waals surface area contributed by atoms with E-state index < -0.39 is 5.82 Å². The monoisotopic (exact) mass is 316 g/mol. The van der Waals surface area contributed by atoms with Crippen LogP contribution in [0.1, 0.15) is 28.4 Å². The lowest BCUT2D eigenvalue weighted by molar-refractivity contribution is 0.0681. The lowest BCUT2D eigenvalue weighted by Crippen LogP contribution is -2.34. The molecular weight excluding hydrogens is 299 g/mol. The summed E-state index contributed by atoms with van der Waals surface area (Å²) in [6.45, 7) is 0.526. The summed E-state index contributed by atoms with van der Waals surface area (Å²) in [5, 5.41) is 0. The maximum absolute atomic E-state index is 13.5. The van der Waals surface area contributed by atoms with Gasteiger partial charge in [0.15, 0.2) is 0 Å². The number of aromatic nitrogens is 1. The summed E-state index contributed by atoms with van der Waals surface area (Å²) >= 11 is 0. The summed E-state index contributed by atoms with van der Waals surface area (Å²) in [5.41, 5.74) is 1.05. The number of benzene rings is 1. The number of fused-ring (bicyclic) bond motifs is 1. The highest BCUT2D eigenvalue weighted by Crippen LogP contribution is 2.36. The van der Waals surface area contributed by atoms with E-state index in [2.05, 4.69) is 4.98 Å². The molecule has 0 unspecified atom stereocenters. The predicted octanol–water partition coefficient (Wildman–Crippen LogP) is 2.83. The topological polar surface area (TPSA) is 51.7 Å². The molecule has 0 fully saturated rings. The Kier molecular flexibility index (Phi) is 4.14. The summed E-state index contributed by atoms with van der Waals surface area (Å²) in [6, 6.07) is 8.62. The molecule has 2 aromatic rings. The molecule has 0 aliphatic carbocycles. The second-order valence-corrected chi connectivity index (χ2v) is 5.32. The minimum absolute atomic E-state index is 0.110. The Morgan fingerprint density at radius 1 is 1.43 bits per heavy atom. The number of hydrogen-bond donors (Lipinski definition) is 0. The summed E-state index contributed by atoms with van der Waals surface area (Å²) in [7, 11) is 3.10. The molecule has 3 rings (SSSR count). The van der Waals surface area contributed by atoms with E-state index in [-0.39, 0.29) is 23.4 Å². The lowest BCUT2D eigenvalue weighted by atomic mass is 9.98. The first-order valence-electron chi connectivity index (χ1n) is 7.30. The highest BCUT2D eigenvalue weighted by molar-refractivity contribution is 5.96. The Morgan fingerprint density at radius 3 is 3.00 bits per heavy atom. The molecule has 1 atom stereocenters.